The highest BCUT2D eigenvalue weighted by atomic mass is 19.1. The van der Waals surface area contributed by atoms with Crippen molar-refractivity contribution in [2.24, 2.45) is 0 Å². The Hall–Kier alpha value is -1.05. The predicted molar refractivity (Wildman–Crippen MR) is 57.2 cm³/mol. The zero-order valence-electron chi connectivity index (χ0n) is 8.52. The summed E-state index contributed by atoms with van der Waals surface area (Å²) in [6.07, 6.45) is 3.46. The molecule has 1 nitrogen and oxygen atoms in total. The van der Waals surface area contributed by atoms with Gasteiger partial charge in [-0.15, -0.1) is 0 Å². The van der Waals surface area contributed by atoms with Gasteiger partial charge in [-0.25, -0.2) is 4.39 Å². The molecule has 1 unspecified atom stereocenters. The van der Waals surface area contributed by atoms with Crippen molar-refractivity contribution in [2.45, 2.75) is 32.1 Å². The van der Waals surface area contributed by atoms with Crippen molar-refractivity contribution in [1.82, 2.24) is 0 Å². The maximum Gasteiger partial charge on any atom is 0.123 e. The molecule has 0 aliphatic carbocycles. The van der Waals surface area contributed by atoms with E-state index in [2.05, 4.69) is 12.2 Å². The van der Waals surface area contributed by atoms with Gasteiger partial charge in [0.05, 0.1) is 0 Å². The average Bonchev–Trinajstić information content (AvgIpc) is 2.19. The molecule has 0 amide bonds. The molecule has 1 aliphatic rings. The number of fused-ring (bicyclic) bond motifs is 1. The van der Waals surface area contributed by atoms with Crippen molar-refractivity contribution >= 4 is 5.69 Å². The Morgan fingerprint density at radius 2 is 2.36 bits per heavy atom. The van der Waals surface area contributed by atoms with Gasteiger partial charge in [-0.3, -0.25) is 0 Å². The van der Waals surface area contributed by atoms with Crippen LogP contribution in [-0.2, 0) is 0 Å². The van der Waals surface area contributed by atoms with E-state index in [1.54, 1.807) is 6.07 Å². The standard InChI is InChI=1S/C12H16FN/c1-2-3-9-6-7-14-12-5-4-10(13)8-11(9)12/h4-5,8-9,14H,2-3,6-7H2,1H3. The third kappa shape index (κ3) is 1.74. The molecule has 2 rings (SSSR count). The molecule has 1 aliphatic heterocycles. The highest BCUT2D eigenvalue weighted by molar-refractivity contribution is 5.54. The topological polar surface area (TPSA) is 12.0 Å². The zero-order valence-corrected chi connectivity index (χ0v) is 8.52. The molecule has 0 saturated carbocycles. The third-order valence-electron chi connectivity index (χ3n) is 2.90. The molecule has 0 saturated heterocycles. The lowest BCUT2D eigenvalue weighted by atomic mass is 9.87. The first-order valence-electron chi connectivity index (χ1n) is 5.34. The minimum atomic E-state index is -0.117. The second-order valence-electron chi connectivity index (χ2n) is 3.93. The maximum absolute atomic E-state index is 13.1. The zero-order chi connectivity index (χ0) is 9.97. The van der Waals surface area contributed by atoms with Gasteiger partial charge >= 0.3 is 0 Å². The van der Waals surface area contributed by atoms with Crippen molar-refractivity contribution in [3.05, 3.63) is 29.6 Å². The van der Waals surface area contributed by atoms with Crippen molar-refractivity contribution in [1.29, 1.82) is 0 Å². The van der Waals surface area contributed by atoms with Crippen LogP contribution in [0.1, 0.15) is 37.7 Å². The van der Waals surface area contributed by atoms with Crippen LogP contribution < -0.4 is 5.32 Å². The highest BCUT2D eigenvalue weighted by Gasteiger charge is 2.19. The fourth-order valence-electron chi connectivity index (χ4n) is 2.22. The lowest BCUT2D eigenvalue weighted by molar-refractivity contribution is 0.560. The molecule has 0 bridgehead atoms. The van der Waals surface area contributed by atoms with Crippen molar-refractivity contribution in [2.75, 3.05) is 11.9 Å². The van der Waals surface area contributed by atoms with Crippen LogP contribution in [0.4, 0.5) is 10.1 Å². The van der Waals surface area contributed by atoms with Crippen molar-refractivity contribution < 1.29 is 4.39 Å². The third-order valence-corrected chi connectivity index (χ3v) is 2.90. The van der Waals surface area contributed by atoms with E-state index in [9.17, 15) is 4.39 Å². The molecular weight excluding hydrogens is 177 g/mol. The smallest absolute Gasteiger partial charge is 0.123 e. The van der Waals surface area contributed by atoms with Crippen LogP contribution in [0.15, 0.2) is 18.2 Å². The normalized spacial score (nSPS) is 20.0. The molecule has 1 aromatic rings. The minimum Gasteiger partial charge on any atom is -0.385 e. The van der Waals surface area contributed by atoms with E-state index in [1.165, 1.54) is 12.5 Å². The van der Waals surface area contributed by atoms with Gasteiger partial charge in [-0.05, 0) is 42.5 Å². The Balaban J connectivity index is 2.32. The quantitative estimate of drug-likeness (QED) is 0.757. The maximum atomic E-state index is 13.1. The van der Waals surface area contributed by atoms with E-state index in [0.29, 0.717) is 5.92 Å². The minimum absolute atomic E-state index is 0.117. The molecule has 1 aromatic carbocycles. The van der Waals surface area contributed by atoms with Crippen LogP contribution in [0.2, 0.25) is 0 Å². The molecule has 0 radical (unpaired) electrons. The van der Waals surface area contributed by atoms with E-state index < -0.39 is 0 Å². The van der Waals surface area contributed by atoms with Gasteiger partial charge in [0.15, 0.2) is 0 Å². The van der Waals surface area contributed by atoms with Crippen molar-refractivity contribution in [3.8, 4) is 0 Å². The summed E-state index contributed by atoms with van der Waals surface area (Å²) in [5, 5.41) is 3.31. The average molecular weight is 193 g/mol. The van der Waals surface area contributed by atoms with E-state index in [0.717, 1.165) is 30.6 Å². The van der Waals surface area contributed by atoms with Crippen LogP contribution in [0.5, 0.6) is 0 Å². The van der Waals surface area contributed by atoms with Gasteiger partial charge < -0.3 is 5.32 Å². The molecule has 0 spiro atoms. The Kier molecular flexibility index (Phi) is 2.71. The van der Waals surface area contributed by atoms with Gasteiger partial charge in [0.25, 0.3) is 0 Å². The number of nitrogens with one attached hydrogen (secondary N) is 1. The number of halogens is 1. The summed E-state index contributed by atoms with van der Waals surface area (Å²) in [5.41, 5.74) is 2.29. The van der Waals surface area contributed by atoms with E-state index >= 15 is 0 Å². The fourth-order valence-corrected chi connectivity index (χ4v) is 2.22. The first-order chi connectivity index (χ1) is 6.81. The monoisotopic (exact) mass is 193 g/mol. The van der Waals surface area contributed by atoms with Crippen LogP contribution in [0, 0.1) is 5.82 Å². The summed E-state index contributed by atoms with van der Waals surface area (Å²) in [6.45, 7) is 3.20. The van der Waals surface area contributed by atoms with Gasteiger partial charge in [-0.2, -0.15) is 0 Å². The summed E-state index contributed by atoms with van der Waals surface area (Å²) < 4.78 is 13.1. The molecule has 14 heavy (non-hydrogen) atoms. The summed E-state index contributed by atoms with van der Waals surface area (Å²) in [7, 11) is 0. The second-order valence-corrected chi connectivity index (χ2v) is 3.93. The van der Waals surface area contributed by atoms with Crippen LogP contribution in [0.25, 0.3) is 0 Å². The number of rotatable bonds is 2. The number of anilines is 1. The fraction of sp³-hybridized carbons (Fsp3) is 0.500. The predicted octanol–water partition coefficient (Wildman–Crippen LogP) is 3.53. The van der Waals surface area contributed by atoms with Gasteiger partial charge in [0, 0.05) is 12.2 Å². The Labute approximate surface area is 84.3 Å². The molecule has 0 fully saturated rings. The number of hydrogen-bond acceptors (Lipinski definition) is 1. The van der Waals surface area contributed by atoms with Gasteiger partial charge in [0.2, 0.25) is 0 Å². The number of benzene rings is 1. The lowest BCUT2D eigenvalue weighted by Crippen LogP contribution is -2.16. The second kappa shape index (κ2) is 3.99. The Morgan fingerprint density at radius 3 is 3.14 bits per heavy atom. The molecular formula is C12H16FN. The number of hydrogen-bond donors (Lipinski definition) is 1. The summed E-state index contributed by atoms with van der Waals surface area (Å²) in [6, 6.07) is 5.06. The molecule has 1 heterocycles. The molecule has 76 valence electrons. The van der Waals surface area contributed by atoms with E-state index in [-0.39, 0.29) is 5.82 Å². The summed E-state index contributed by atoms with van der Waals surface area (Å²) in [4.78, 5) is 0. The first-order valence-corrected chi connectivity index (χ1v) is 5.34. The van der Waals surface area contributed by atoms with Crippen LogP contribution in [-0.4, -0.2) is 6.54 Å². The van der Waals surface area contributed by atoms with Crippen LogP contribution in [0.3, 0.4) is 0 Å². The van der Waals surface area contributed by atoms with E-state index in [4.69, 9.17) is 0 Å². The largest absolute Gasteiger partial charge is 0.385 e. The molecule has 0 aromatic heterocycles. The lowest BCUT2D eigenvalue weighted by Gasteiger charge is -2.26. The molecule has 1 N–H and O–H groups in total. The van der Waals surface area contributed by atoms with E-state index in [1.807, 2.05) is 6.07 Å². The molecule has 2 heteroatoms. The SMILES string of the molecule is CCCC1CCNc2ccc(F)cc21. The Morgan fingerprint density at radius 1 is 1.50 bits per heavy atom. The summed E-state index contributed by atoms with van der Waals surface area (Å²) >= 11 is 0. The first kappa shape index (κ1) is 9.50. The van der Waals surface area contributed by atoms with Gasteiger partial charge in [0.1, 0.15) is 5.82 Å². The van der Waals surface area contributed by atoms with Crippen molar-refractivity contribution in [3.63, 3.8) is 0 Å². The Bertz CT molecular complexity index is 322. The highest BCUT2D eigenvalue weighted by Crippen LogP contribution is 2.34. The van der Waals surface area contributed by atoms with Gasteiger partial charge in [-0.1, -0.05) is 13.3 Å². The molecule has 1 atom stereocenters. The van der Waals surface area contributed by atoms with Crippen LogP contribution >= 0.6 is 0 Å². The summed E-state index contributed by atoms with van der Waals surface area (Å²) in [5.74, 6) is 0.431.